The number of hydrogen-bond donors (Lipinski definition) is 1. The van der Waals surface area contributed by atoms with Crippen molar-refractivity contribution in [1.82, 2.24) is 9.80 Å². The van der Waals surface area contributed by atoms with Gasteiger partial charge >= 0.3 is 0 Å². The monoisotopic (exact) mass is 508 g/mol. The first-order valence-corrected chi connectivity index (χ1v) is 13.2. The third-order valence-electron chi connectivity index (χ3n) is 8.61. The average molecular weight is 509 g/mol. The van der Waals surface area contributed by atoms with E-state index in [4.69, 9.17) is 4.74 Å². The number of aliphatic hydroxyl groups is 1. The number of carbonyl (C=O) groups excluding carboxylic acids is 3. The number of ketones is 1. The molecule has 5 rings (SSSR count). The van der Waals surface area contributed by atoms with Gasteiger partial charge in [-0.1, -0.05) is 50.7 Å². The first kappa shape index (κ1) is 27.3. The lowest BCUT2D eigenvalue weighted by atomic mass is 9.69. The second kappa shape index (κ2) is 10.9. The molecule has 0 spiro atoms. The Kier molecular flexibility index (Phi) is 8.05. The molecule has 0 radical (unpaired) electrons. The van der Waals surface area contributed by atoms with Gasteiger partial charge < -0.3 is 19.6 Å². The molecule has 5 atom stereocenters. The molecule has 2 heterocycles. The topological polar surface area (TPSA) is 87.1 Å². The van der Waals surface area contributed by atoms with Crippen molar-refractivity contribution >= 4 is 28.4 Å². The van der Waals surface area contributed by atoms with Crippen molar-refractivity contribution in [1.29, 1.82) is 0 Å². The minimum atomic E-state index is -1.71. The molecule has 7 heteroatoms. The Hall–Kier alpha value is -2.77. The molecule has 7 nitrogen and oxygen atoms in total. The highest BCUT2D eigenvalue weighted by atomic mass is 16.5. The number of fused-ring (bicyclic) bond motifs is 3. The largest absolute Gasteiger partial charge is 0.384 e. The molecule has 1 N–H and O–H groups in total. The average Bonchev–Trinajstić information content (AvgIpc) is 2.88. The van der Waals surface area contributed by atoms with Crippen molar-refractivity contribution in [3.05, 3.63) is 48.0 Å². The lowest BCUT2D eigenvalue weighted by Crippen LogP contribution is -2.68. The zero-order valence-electron chi connectivity index (χ0n) is 21.2. The number of nitrogens with zero attached hydrogens (tertiary/aromatic N) is 2. The van der Waals surface area contributed by atoms with E-state index in [-0.39, 0.29) is 37.6 Å². The zero-order chi connectivity index (χ0) is 25.4. The smallest absolute Gasteiger partial charge is 0.294 e. The lowest BCUT2D eigenvalue weighted by Gasteiger charge is -2.50. The second-order valence-electron chi connectivity index (χ2n) is 11.0. The minimum Gasteiger partial charge on any atom is -0.384 e. The molecule has 2 aliphatic heterocycles. The van der Waals surface area contributed by atoms with Gasteiger partial charge in [-0.2, -0.15) is 0 Å². The van der Waals surface area contributed by atoms with Crippen LogP contribution in [0.5, 0.6) is 0 Å². The maximum atomic E-state index is 13.6. The molecule has 0 aromatic heterocycles. The number of rotatable bonds is 6. The molecule has 2 aromatic carbocycles. The van der Waals surface area contributed by atoms with E-state index in [1.54, 1.807) is 7.11 Å². The summed E-state index contributed by atoms with van der Waals surface area (Å²) in [4.78, 5) is 44.0. The van der Waals surface area contributed by atoms with Crippen LogP contribution in [0, 0.1) is 11.8 Å². The van der Waals surface area contributed by atoms with E-state index in [9.17, 15) is 19.5 Å². The van der Waals surface area contributed by atoms with Crippen molar-refractivity contribution in [2.24, 2.45) is 11.8 Å². The number of likely N-dealkylation sites (tertiary alicyclic amines) is 1. The lowest BCUT2D eigenvalue weighted by molar-refractivity contribution is -0.172. The van der Waals surface area contributed by atoms with Gasteiger partial charge in [0, 0.05) is 26.8 Å². The first-order valence-electron chi connectivity index (χ1n) is 13.2. The number of benzene rings is 2. The van der Waals surface area contributed by atoms with Crippen molar-refractivity contribution < 1.29 is 24.2 Å². The third-order valence-corrected chi connectivity index (χ3v) is 8.61. The van der Waals surface area contributed by atoms with E-state index in [0.717, 1.165) is 35.6 Å². The van der Waals surface area contributed by atoms with Crippen molar-refractivity contribution in [3.8, 4) is 0 Å². The van der Waals surface area contributed by atoms with Crippen LogP contribution >= 0.6 is 0 Å². The van der Waals surface area contributed by atoms with Crippen LogP contribution in [0.3, 0.4) is 0 Å². The fraction of sp³-hybridized carbons (Fsp3) is 0.567. The number of ether oxygens (including phenoxy) is 1. The predicted molar refractivity (Wildman–Crippen MR) is 143 cm³/mol. The highest BCUT2D eigenvalue weighted by Gasteiger charge is 2.53. The minimum absolute atomic E-state index is 0. The van der Waals surface area contributed by atoms with E-state index in [2.05, 4.69) is 24.3 Å². The van der Waals surface area contributed by atoms with Crippen LogP contribution in [0.15, 0.2) is 42.5 Å². The van der Waals surface area contributed by atoms with E-state index >= 15 is 0 Å². The Morgan fingerprint density at radius 3 is 2.59 bits per heavy atom. The maximum Gasteiger partial charge on any atom is 0.294 e. The summed E-state index contributed by atoms with van der Waals surface area (Å²) < 4.78 is 5.26. The summed E-state index contributed by atoms with van der Waals surface area (Å²) >= 11 is 0. The van der Waals surface area contributed by atoms with Crippen molar-refractivity contribution in [2.45, 2.75) is 77.1 Å². The van der Waals surface area contributed by atoms with Crippen LogP contribution in [0.1, 0.15) is 58.4 Å². The number of amides is 2. The summed E-state index contributed by atoms with van der Waals surface area (Å²) in [7, 11) is 1.61. The third kappa shape index (κ3) is 5.04. The summed E-state index contributed by atoms with van der Waals surface area (Å²) in [6.45, 7) is 3.17. The fourth-order valence-corrected chi connectivity index (χ4v) is 6.53. The van der Waals surface area contributed by atoms with Gasteiger partial charge in [0.1, 0.15) is 11.6 Å². The van der Waals surface area contributed by atoms with E-state index in [1.165, 1.54) is 4.90 Å². The van der Waals surface area contributed by atoms with Gasteiger partial charge in [-0.25, -0.2) is 0 Å². The Bertz CT molecular complexity index is 1170. The van der Waals surface area contributed by atoms with E-state index in [0.29, 0.717) is 32.5 Å². The molecule has 3 fully saturated rings. The van der Waals surface area contributed by atoms with Gasteiger partial charge in [0.2, 0.25) is 5.91 Å². The zero-order valence-corrected chi connectivity index (χ0v) is 21.2. The molecule has 1 aliphatic carbocycles. The Balaban J connectivity index is 0.00000320. The fourth-order valence-electron chi connectivity index (χ4n) is 6.53. The number of hydrogen-bond acceptors (Lipinski definition) is 5. The summed E-state index contributed by atoms with van der Waals surface area (Å²) in [5, 5.41) is 13.7. The van der Waals surface area contributed by atoms with Crippen LogP contribution in [-0.4, -0.2) is 70.5 Å². The number of methoxy groups -OCH3 is 1. The summed E-state index contributed by atoms with van der Waals surface area (Å²) in [6, 6.07) is 13.5. The molecule has 2 unspecified atom stereocenters. The van der Waals surface area contributed by atoms with Crippen LogP contribution < -0.4 is 0 Å². The van der Waals surface area contributed by atoms with Crippen LogP contribution in [-0.2, 0) is 25.7 Å². The quantitative estimate of drug-likeness (QED) is 0.597. The van der Waals surface area contributed by atoms with Gasteiger partial charge in [0.25, 0.3) is 11.7 Å². The van der Waals surface area contributed by atoms with Crippen molar-refractivity contribution in [3.63, 3.8) is 0 Å². The standard InChI is InChI=1S/C29H36N2O5.CH4/c1-19-10-11-21(18-36-2)15-29(19,35)26(32)28(34)31-24-8-5-9-25(31)27(33)30(17-24)16-20-12-13-22-6-3-4-7-23(22)14-20;/h3-4,6-7,12-14,19,21,24-25,35H,5,8-11,15-18H2,1-2H3;1H4/t19-,21-,24?,25?,29+;/m1./s1. The Morgan fingerprint density at radius 1 is 1.08 bits per heavy atom. The van der Waals surface area contributed by atoms with E-state index in [1.807, 2.05) is 30.0 Å². The SMILES string of the molecule is C.COC[C@@H]1CC[C@@H](C)[C@](O)(C(=O)C(=O)N2C3CCCC2C(=O)N(Cc2ccc4ccccc4c2)C3)C1. The van der Waals surface area contributed by atoms with Crippen LogP contribution in [0.4, 0.5) is 0 Å². The number of Topliss-reactive ketones (excluding diaryl/α,β-unsaturated/α-hetero) is 1. The summed E-state index contributed by atoms with van der Waals surface area (Å²) in [5.41, 5.74) is -0.663. The molecule has 2 aromatic rings. The first-order chi connectivity index (χ1) is 17.3. The number of piperidine rings is 1. The molecule has 37 heavy (non-hydrogen) atoms. The van der Waals surface area contributed by atoms with Gasteiger partial charge in [-0.05, 0) is 72.8 Å². The summed E-state index contributed by atoms with van der Waals surface area (Å²) in [5.74, 6) is -1.85. The molecular weight excluding hydrogens is 468 g/mol. The van der Waals surface area contributed by atoms with Gasteiger partial charge in [-0.15, -0.1) is 0 Å². The molecule has 1 saturated carbocycles. The molecule has 2 amide bonds. The Morgan fingerprint density at radius 2 is 1.84 bits per heavy atom. The second-order valence-corrected chi connectivity index (χ2v) is 11.0. The number of carbonyl (C=O) groups is 3. The molecular formula is C30H40N2O5. The van der Waals surface area contributed by atoms with Crippen LogP contribution in [0.2, 0.25) is 0 Å². The Labute approximate surface area is 219 Å². The highest BCUT2D eigenvalue weighted by Crippen LogP contribution is 2.39. The molecule has 3 aliphatic rings. The van der Waals surface area contributed by atoms with Gasteiger partial charge in [-0.3, -0.25) is 14.4 Å². The number of piperazine rings is 1. The normalized spacial score (nSPS) is 29.6. The predicted octanol–water partition coefficient (Wildman–Crippen LogP) is 3.95. The molecule has 2 saturated heterocycles. The summed E-state index contributed by atoms with van der Waals surface area (Å²) in [6.07, 6.45) is 3.88. The maximum absolute atomic E-state index is 13.6. The van der Waals surface area contributed by atoms with Gasteiger partial charge in [0.15, 0.2) is 0 Å². The van der Waals surface area contributed by atoms with Crippen molar-refractivity contribution in [2.75, 3.05) is 20.3 Å². The van der Waals surface area contributed by atoms with Crippen LogP contribution in [0.25, 0.3) is 10.8 Å². The van der Waals surface area contributed by atoms with Gasteiger partial charge in [0.05, 0.1) is 6.04 Å². The molecule has 200 valence electrons. The highest BCUT2D eigenvalue weighted by molar-refractivity contribution is 6.39. The molecule has 2 bridgehead atoms. The van der Waals surface area contributed by atoms with E-state index < -0.39 is 23.3 Å².